The molecule has 1 aromatic carbocycles. The van der Waals surface area contributed by atoms with Crippen LogP contribution >= 0.6 is 43.2 Å². The molecule has 3 nitrogen and oxygen atoms in total. The fourth-order valence-electron chi connectivity index (χ4n) is 1.74. The molecule has 0 bridgehead atoms. The lowest BCUT2D eigenvalue weighted by Gasteiger charge is -2.02. The highest BCUT2D eigenvalue weighted by atomic mass is 79.9. The SMILES string of the molecule is CC.CNc1cccc2cccnc12.O=Cc1sc(Br)cc1Br. The minimum absolute atomic E-state index is 0.724. The first kappa shape index (κ1) is 19.8. The number of anilines is 1. The number of carbonyl (C=O) groups excluding carboxylic acids is 1. The molecule has 3 rings (SSSR count). The van der Waals surface area contributed by atoms with Crippen molar-refractivity contribution in [1.29, 1.82) is 0 Å². The summed E-state index contributed by atoms with van der Waals surface area (Å²) in [4.78, 5) is 15.2. The zero-order chi connectivity index (χ0) is 17.2. The molecule has 0 saturated carbocycles. The molecule has 6 heteroatoms. The molecule has 0 atom stereocenters. The van der Waals surface area contributed by atoms with E-state index < -0.39 is 0 Å². The third-order valence-corrected chi connectivity index (χ3v) is 5.17. The molecule has 122 valence electrons. The van der Waals surface area contributed by atoms with Crippen LogP contribution in [0, 0.1) is 0 Å². The highest BCUT2D eigenvalue weighted by molar-refractivity contribution is 9.11. The van der Waals surface area contributed by atoms with Crippen molar-refractivity contribution in [3.05, 3.63) is 55.7 Å². The smallest absolute Gasteiger partial charge is 0.161 e. The van der Waals surface area contributed by atoms with E-state index in [-0.39, 0.29) is 0 Å². The van der Waals surface area contributed by atoms with Crippen LogP contribution in [0.4, 0.5) is 5.69 Å². The van der Waals surface area contributed by atoms with E-state index in [1.807, 2.05) is 51.4 Å². The molecule has 0 aliphatic rings. The van der Waals surface area contributed by atoms with Gasteiger partial charge in [-0.25, -0.2) is 0 Å². The Labute approximate surface area is 157 Å². The summed E-state index contributed by atoms with van der Waals surface area (Å²) in [5, 5.41) is 4.28. The van der Waals surface area contributed by atoms with Crippen molar-refractivity contribution >= 4 is 66.1 Å². The Bertz CT molecular complexity index is 754. The molecule has 0 aliphatic carbocycles. The van der Waals surface area contributed by atoms with Crippen LogP contribution in [0.1, 0.15) is 23.5 Å². The monoisotopic (exact) mass is 456 g/mol. The van der Waals surface area contributed by atoms with Crippen molar-refractivity contribution in [3.63, 3.8) is 0 Å². The molecule has 0 radical (unpaired) electrons. The normalized spacial score (nSPS) is 9.26. The van der Waals surface area contributed by atoms with Gasteiger partial charge in [0.1, 0.15) is 0 Å². The summed E-state index contributed by atoms with van der Waals surface area (Å²) in [6.07, 6.45) is 2.64. The van der Waals surface area contributed by atoms with Gasteiger partial charge in [-0.05, 0) is 50.1 Å². The summed E-state index contributed by atoms with van der Waals surface area (Å²) in [5.74, 6) is 0. The molecule has 0 aliphatic heterocycles. The number of para-hydroxylation sites is 1. The molecule has 1 N–H and O–H groups in total. The van der Waals surface area contributed by atoms with Gasteiger partial charge in [-0.1, -0.05) is 32.0 Å². The van der Waals surface area contributed by atoms with E-state index in [0.29, 0.717) is 0 Å². The minimum atomic E-state index is 0.724. The Kier molecular flexibility index (Phi) is 9.06. The Morgan fingerprint density at radius 2 is 1.87 bits per heavy atom. The van der Waals surface area contributed by atoms with Gasteiger partial charge in [0.15, 0.2) is 6.29 Å². The lowest BCUT2D eigenvalue weighted by atomic mass is 10.2. The number of benzene rings is 1. The van der Waals surface area contributed by atoms with Gasteiger partial charge < -0.3 is 5.32 Å². The standard InChI is InChI=1S/C10H10N2.C5H2Br2OS.C2H6/c1-11-9-6-2-4-8-5-3-7-12-10(8)9;6-3-1-5(7)9-4(3)2-8;1-2/h2-7,11H,1H3;1-2H;1-2H3. The van der Waals surface area contributed by atoms with Crippen LogP contribution in [0.3, 0.4) is 0 Å². The van der Waals surface area contributed by atoms with Crippen molar-refractivity contribution in [2.45, 2.75) is 13.8 Å². The first-order valence-electron chi connectivity index (χ1n) is 7.07. The van der Waals surface area contributed by atoms with E-state index in [1.165, 1.54) is 16.7 Å². The molecule has 0 unspecified atom stereocenters. The number of fused-ring (bicyclic) bond motifs is 1. The number of aldehydes is 1. The zero-order valence-corrected chi connectivity index (χ0v) is 17.1. The molecule has 0 amide bonds. The largest absolute Gasteiger partial charge is 0.386 e. The highest BCUT2D eigenvalue weighted by Gasteiger charge is 2.01. The first-order chi connectivity index (χ1) is 11.2. The topological polar surface area (TPSA) is 42.0 Å². The third kappa shape index (κ3) is 5.71. The Balaban J connectivity index is 0.000000215. The van der Waals surface area contributed by atoms with Gasteiger partial charge in [-0.3, -0.25) is 9.78 Å². The van der Waals surface area contributed by atoms with Crippen molar-refractivity contribution in [1.82, 2.24) is 4.98 Å². The van der Waals surface area contributed by atoms with Gasteiger partial charge >= 0.3 is 0 Å². The van der Waals surface area contributed by atoms with Crippen LogP contribution in [-0.4, -0.2) is 18.3 Å². The highest BCUT2D eigenvalue weighted by Crippen LogP contribution is 2.29. The van der Waals surface area contributed by atoms with Crippen LogP contribution in [0.2, 0.25) is 0 Å². The summed E-state index contributed by atoms with van der Waals surface area (Å²) in [6.45, 7) is 4.00. The first-order valence-corrected chi connectivity index (χ1v) is 9.47. The lowest BCUT2D eigenvalue weighted by Crippen LogP contribution is -1.90. The van der Waals surface area contributed by atoms with Gasteiger partial charge in [0.25, 0.3) is 0 Å². The number of carbonyl (C=O) groups is 1. The maximum Gasteiger partial charge on any atom is 0.161 e. The van der Waals surface area contributed by atoms with E-state index in [4.69, 9.17) is 0 Å². The second-order valence-electron chi connectivity index (χ2n) is 4.01. The summed E-state index contributed by atoms with van der Waals surface area (Å²) in [7, 11) is 1.91. The van der Waals surface area contributed by atoms with Gasteiger partial charge in [-0.2, -0.15) is 0 Å². The Morgan fingerprint density at radius 1 is 1.17 bits per heavy atom. The number of nitrogens with zero attached hydrogens (tertiary/aromatic N) is 1. The van der Waals surface area contributed by atoms with Crippen LogP contribution in [-0.2, 0) is 0 Å². The van der Waals surface area contributed by atoms with Gasteiger partial charge in [0.2, 0.25) is 0 Å². The lowest BCUT2D eigenvalue weighted by molar-refractivity contribution is 0.112. The number of nitrogens with one attached hydrogen (secondary N) is 1. The van der Waals surface area contributed by atoms with E-state index in [2.05, 4.69) is 54.3 Å². The van der Waals surface area contributed by atoms with E-state index in [1.54, 1.807) is 0 Å². The fraction of sp³-hybridized carbons (Fsp3) is 0.176. The average Bonchev–Trinajstić information content (AvgIpc) is 2.94. The summed E-state index contributed by atoms with van der Waals surface area (Å²) < 4.78 is 1.82. The number of hydrogen-bond acceptors (Lipinski definition) is 4. The molecular weight excluding hydrogens is 440 g/mol. The van der Waals surface area contributed by atoms with E-state index in [0.717, 1.165) is 30.6 Å². The van der Waals surface area contributed by atoms with E-state index in [9.17, 15) is 4.79 Å². The molecule has 0 fully saturated rings. The molecule has 2 heterocycles. The zero-order valence-electron chi connectivity index (χ0n) is 13.1. The second-order valence-corrected chi connectivity index (χ2v) is 7.33. The van der Waals surface area contributed by atoms with Crippen LogP contribution < -0.4 is 5.32 Å². The van der Waals surface area contributed by atoms with Gasteiger partial charge in [0, 0.05) is 23.1 Å². The predicted molar refractivity (Wildman–Crippen MR) is 108 cm³/mol. The van der Waals surface area contributed by atoms with Gasteiger partial charge in [-0.15, -0.1) is 11.3 Å². The van der Waals surface area contributed by atoms with Crippen molar-refractivity contribution in [2.24, 2.45) is 0 Å². The maximum atomic E-state index is 10.2. The molecular formula is C17H18Br2N2OS. The number of halogens is 2. The molecule has 3 aromatic rings. The van der Waals surface area contributed by atoms with E-state index >= 15 is 0 Å². The molecule has 0 spiro atoms. The van der Waals surface area contributed by atoms with Crippen molar-refractivity contribution < 1.29 is 4.79 Å². The van der Waals surface area contributed by atoms with Crippen LogP contribution in [0.5, 0.6) is 0 Å². The van der Waals surface area contributed by atoms with Crippen LogP contribution in [0.15, 0.2) is 50.9 Å². The summed E-state index contributed by atoms with van der Waals surface area (Å²) in [5.41, 5.74) is 2.11. The fourth-order valence-corrected chi connectivity index (χ4v) is 4.11. The number of aromatic nitrogens is 1. The summed E-state index contributed by atoms with van der Waals surface area (Å²) in [6, 6.07) is 12.0. The van der Waals surface area contributed by atoms with Crippen molar-refractivity contribution in [2.75, 3.05) is 12.4 Å². The molecule has 0 saturated heterocycles. The van der Waals surface area contributed by atoms with Gasteiger partial charge in [0.05, 0.1) is 19.9 Å². The quantitative estimate of drug-likeness (QED) is 0.453. The number of hydrogen-bond donors (Lipinski definition) is 1. The average molecular weight is 458 g/mol. The number of rotatable bonds is 2. The maximum absolute atomic E-state index is 10.2. The second kappa shape index (κ2) is 10.5. The summed E-state index contributed by atoms with van der Waals surface area (Å²) >= 11 is 7.90. The van der Waals surface area contributed by atoms with Crippen LogP contribution in [0.25, 0.3) is 10.9 Å². The third-order valence-electron chi connectivity index (χ3n) is 2.69. The predicted octanol–water partition coefficient (Wildman–Crippen LogP) is 6.39. The minimum Gasteiger partial charge on any atom is -0.386 e. The molecule has 23 heavy (non-hydrogen) atoms. The Morgan fingerprint density at radius 3 is 2.39 bits per heavy atom. The number of thiophene rings is 1. The molecule has 2 aromatic heterocycles. The van der Waals surface area contributed by atoms with Crippen molar-refractivity contribution in [3.8, 4) is 0 Å². The Hall–Kier alpha value is -1.24. The number of pyridine rings is 1.